The Bertz CT molecular complexity index is 441. The Kier molecular flexibility index (Phi) is 6.69. The van der Waals surface area contributed by atoms with Gasteiger partial charge in [0.1, 0.15) is 5.75 Å². The third-order valence-corrected chi connectivity index (χ3v) is 3.08. The van der Waals surface area contributed by atoms with E-state index in [4.69, 9.17) is 4.74 Å². The lowest BCUT2D eigenvalue weighted by Crippen LogP contribution is -2.45. The van der Waals surface area contributed by atoms with E-state index < -0.39 is 0 Å². The Morgan fingerprint density at radius 3 is 2.05 bits per heavy atom. The molecule has 2 atom stereocenters. The van der Waals surface area contributed by atoms with Gasteiger partial charge in [-0.05, 0) is 59.2 Å². The lowest BCUT2D eigenvalue weighted by Gasteiger charge is -2.21. The first-order chi connectivity index (χ1) is 9.79. The molecule has 0 radical (unpaired) electrons. The summed E-state index contributed by atoms with van der Waals surface area (Å²) in [6.07, 6.45) is 0.172. The van der Waals surface area contributed by atoms with Gasteiger partial charge in [-0.25, -0.2) is 0 Å². The van der Waals surface area contributed by atoms with Crippen LogP contribution >= 0.6 is 0 Å². The minimum atomic E-state index is -0.228. The van der Waals surface area contributed by atoms with Crippen LogP contribution in [0.5, 0.6) is 5.75 Å². The summed E-state index contributed by atoms with van der Waals surface area (Å²) in [4.78, 5) is 11.9. The topological polar surface area (TPSA) is 50.4 Å². The van der Waals surface area contributed by atoms with Crippen LogP contribution in [-0.2, 0) is 4.79 Å². The van der Waals surface area contributed by atoms with E-state index in [2.05, 4.69) is 17.6 Å². The van der Waals surface area contributed by atoms with Gasteiger partial charge in [-0.2, -0.15) is 0 Å². The van der Waals surface area contributed by atoms with E-state index in [0.29, 0.717) is 0 Å². The maximum absolute atomic E-state index is 11.9. The quantitative estimate of drug-likeness (QED) is 0.812. The van der Waals surface area contributed by atoms with E-state index in [9.17, 15) is 4.79 Å². The minimum Gasteiger partial charge on any atom is -0.491 e. The number of carbonyl (C=O) groups is 1. The van der Waals surface area contributed by atoms with Crippen LogP contribution in [0.2, 0.25) is 0 Å². The number of benzene rings is 1. The van der Waals surface area contributed by atoms with Gasteiger partial charge in [-0.3, -0.25) is 10.1 Å². The third-order valence-electron chi connectivity index (χ3n) is 3.08. The molecule has 1 aromatic rings. The van der Waals surface area contributed by atoms with Gasteiger partial charge in [0.05, 0.1) is 12.1 Å². The fourth-order valence-electron chi connectivity index (χ4n) is 2.06. The zero-order chi connectivity index (χ0) is 16.0. The number of ether oxygens (including phenoxy) is 1. The van der Waals surface area contributed by atoms with Crippen LogP contribution < -0.4 is 15.4 Å². The molecule has 1 rings (SSSR count). The molecule has 0 heterocycles. The molecule has 0 saturated heterocycles. The van der Waals surface area contributed by atoms with E-state index in [0.717, 1.165) is 11.3 Å². The van der Waals surface area contributed by atoms with Crippen molar-refractivity contribution in [1.82, 2.24) is 10.6 Å². The fourth-order valence-corrected chi connectivity index (χ4v) is 2.06. The maximum atomic E-state index is 11.9. The van der Waals surface area contributed by atoms with E-state index >= 15 is 0 Å². The molecule has 1 aromatic carbocycles. The van der Waals surface area contributed by atoms with Gasteiger partial charge in [-0.1, -0.05) is 12.1 Å². The molecule has 0 aliphatic heterocycles. The molecule has 0 spiro atoms. The van der Waals surface area contributed by atoms with Gasteiger partial charge in [0.25, 0.3) is 0 Å². The largest absolute Gasteiger partial charge is 0.491 e. The number of carbonyl (C=O) groups excluding carboxylic acids is 1. The van der Waals surface area contributed by atoms with Gasteiger partial charge in [0.15, 0.2) is 0 Å². The molecule has 0 aromatic heterocycles. The number of hydrogen-bond donors (Lipinski definition) is 2. The molecule has 0 bridgehead atoms. The maximum Gasteiger partial charge on any atom is 0.237 e. The van der Waals surface area contributed by atoms with Gasteiger partial charge in [-0.15, -0.1) is 0 Å². The zero-order valence-electron chi connectivity index (χ0n) is 13.9. The molecule has 118 valence electrons. The van der Waals surface area contributed by atoms with Crippen LogP contribution in [0.25, 0.3) is 0 Å². The summed E-state index contributed by atoms with van der Waals surface area (Å²) < 4.78 is 5.63. The van der Waals surface area contributed by atoms with Crippen molar-refractivity contribution in [2.75, 3.05) is 0 Å². The smallest absolute Gasteiger partial charge is 0.237 e. The van der Waals surface area contributed by atoms with Crippen LogP contribution in [0, 0.1) is 0 Å². The summed E-state index contributed by atoms with van der Waals surface area (Å²) >= 11 is 0. The minimum absolute atomic E-state index is 0.0246. The first kappa shape index (κ1) is 17.5. The Balaban J connectivity index is 2.58. The van der Waals surface area contributed by atoms with Crippen LogP contribution in [0.3, 0.4) is 0 Å². The molecule has 0 fully saturated rings. The molecular weight excluding hydrogens is 264 g/mol. The third kappa shape index (κ3) is 6.17. The summed E-state index contributed by atoms with van der Waals surface area (Å²) in [5.74, 6) is 0.892. The lowest BCUT2D eigenvalue weighted by atomic mass is 10.1. The van der Waals surface area contributed by atoms with Gasteiger partial charge >= 0.3 is 0 Å². The van der Waals surface area contributed by atoms with Crippen LogP contribution in [0.4, 0.5) is 0 Å². The van der Waals surface area contributed by atoms with Gasteiger partial charge in [0.2, 0.25) is 5.91 Å². The average molecular weight is 292 g/mol. The number of rotatable bonds is 7. The van der Waals surface area contributed by atoms with Crippen molar-refractivity contribution in [3.63, 3.8) is 0 Å². The first-order valence-corrected chi connectivity index (χ1v) is 7.62. The molecule has 2 N–H and O–H groups in total. The Hall–Kier alpha value is -1.55. The highest BCUT2D eigenvalue weighted by molar-refractivity contribution is 5.81. The van der Waals surface area contributed by atoms with Crippen LogP contribution in [-0.4, -0.2) is 24.1 Å². The Morgan fingerprint density at radius 2 is 1.57 bits per heavy atom. The Labute approximate surface area is 128 Å². The first-order valence-electron chi connectivity index (χ1n) is 7.62. The summed E-state index contributed by atoms with van der Waals surface area (Å²) in [5.41, 5.74) is 1.13. The van der Waals surface area contributed by atoms with Crippen LogP contribution in [0.1, 0.15) is 53.1 Å². The second kappa shape index (κ2) is 8.03. The highest BCUT2D eigenvalue weighted by atomic mass is 16.5. The van der Waals surface area contributed by atoms with Crippen LogP contribution in [0.15, 0.2) is 24.3 Å². The van der Waals surface area contributed by atoms with Crippen molar-refractivity contribution in [2.45, 2.75) is 65.8 Å². The van der Waals surface area contributed by atoms with Crippen molar-refractivity contribution in [3.05, 3.63) is 29.8 Å². The van der Waals surface area contributed by atoms with E-state index in [1.165, 1.54) is 0 Å². The monoisotopic (exact) mass is 292 g/mol. The van der Waals surface area contributed by atoms with Crippen molar-refractivity contribution >= 4 is 5.91 Å². The summed E-state index contributed by atoms with van der Waals surface area (Å²) in [5, 5.41) is 6.22. The predicted molar refractivity (Wildman–Crippen MR) is 86.5 cm³/mol. The summed E-state index contributed by atoms with van der Waals surface area (Å²) in [6, 6.07) is 8.02. The molecular formula is C17H28N2O2. The van der Waals surface area contributed by atoms with Crippen molar-refractivity contribution < 1.29 is 9.53 Å². The second-order valence-corrected chi connectivity index (χ2v) is 6.01. The standard InChI is InChI=1S/C17H28N2O2/c1-11(2)18-17(20)14(6)19-13(5)15-7-9-16(10-8-15)21-12(3)4/h7-14,19H,1-6H3,(H,18,20). The SMILES string of the molecule is CC(C)NC(=O)C(C)NC(C)c1ccc(OC(C)C)cc1. The molecule has 0 aliphatic rings. The number of amides is 1. The van der Waals surface area contributed by atoms with Crippen molar-refractivity contribution in [3.8, 4) is 5.75 Å². The zero-order valence-corrected chi connectivity index (χ0v) is 13.9. The van der Waals surface area contributed by atoms with E-state index in [1.807, 2.05) is 58.9 Å². The molecule has 2 unspecified atom stereocenters. The average Bonchev–Trinajstić information content (AvgIpc) is 2.37. The number of hydrogen-bond acceptors (Lipinski definition) is 3. The molecule has 21 heavy (non-hydrogen) atoms. The molecule has 4 nitrogen and oxygen atoms in total. The second-order valence-electron chi connectivity index (χ2n) is 6.01. The number of nitrogens with one attached hydrogen (secondary N) is 2. The Morgan fingerprint density at radius 1 is 1.00 bits per heavy atom. The van der Waals surface area contributed by atoms with E-state index in [-0.39, 0.29) is 30.1 Å². The highest BCUT2D eigenvalue weighted by Crippen LogP contribution is 2.18. The van der Waals surface area contributed by atoms with Crippen molar-refractivity contribution in [1.29, 1.82) is 0 Å². The molecule has 4 heteroatoms. The molecule has 0 saturated carbocycles. The van der Waals surface area contributed by atoms with Crippen molar-refractivity contribution in [2.24, 2.45) is 0 Å². The summed E-state index contributed by atoms with van der Waals surface area (Å²) in [7, 11) is 0. The van der Waals surface area contributed by atoms with Gasteiger partial charge in [0, 0.05) is 12.1 Å². The molecule has 1 amide bonds. The van der Waals surface area contributed by atoms with Gasteiger partial charge < -0.3 is 10.1 Å². The normalized spacial score (nSPS) is 14.1. The highest BCUT2D eigenvalue weighted by Gasteiger charge is 2.16. The fraction of sp³-hybridized carbons (Fsp3) is 0.588. The molecule has 0 aliphatic carbocycles. The summed E-state index contributed by atoms with van der Waals surface area (Å²) in [6.45, 7) is 11.9. The predicted octanol–water partition coefficient (Wildman–Crippen LogP) is 3.04. The lowest BCUT2D eigenvalue weighted by molar-refractivity contribution is -0.123. The van der Waals surface area contributed by atoms with E-state index in [1.54, 1.807) is 0 Å².